The number of aliphatic hydroxyl groups is 1. The number of amides is 8. The molecule has 0 radical (unpaired) electrons. The molecule has 0 fully saturated rings. The van der Waals surface area contributed by atoms with Gasteiger partial charge in [0.05, 0.1) is 73.7 Å². The number of aromatic nitrogens is 6. The van der Waals surface area contributed by atoms with E-state index in [1.165, 1.54) is 108 Å². The first-order valence-corrected chi connectivity index (χ1v) is 50.9. The van der Waals surface area contributed by atoms with E-state index in [0.29, 0.717) is 42.8 Å². The third-order valence-corrected chi connectivity index (χ3v) is 25.5. The molecule has 4 aromatic rings. The number of ketones is 7. The number of nitrogens with two attached hydrogens (primary N) is 7. The Labute approximate surface area is 838 Å². The van der Waals surface area contributed by atoms with Gasteiger partial charge in [-0.15, -0.1) is 0 Å². The zero-order chi connectivity index (χ0) is 106. The summed E-state index contributed by atoms with van der Waals surface area (Å²) in [6.45, 7) is 22.8. The van der Waals surface area contributed by atoms with Gasteiger partial charge in [0, 0.05) is 149 Å². The Hall–Kier alpha value is -12.1. The minimum Gasteiger partial charge on any atom is -0.508 e. The Kier molecular flexibility index (Phi) is 60.2. The molecule has 15 atom stereocenters. The number of Topliss-reactive ketones (excluding diaryl/α,β-unsaturated/α-hetero) is 7. The first-order valence-electron chi connectivity index (χ1n) is 50.9. The van der Waals surface area contributed by atoms with Gasteiger partial charge in [-0.05, 0) is 126 Å². The Morgan fingerprint density at radius 2 is 0.789 bits per heavy atom. The Morgan fingerprint density at radius 3 is 1.23 bits per heavy atom. The molecule has 0 saturated heterocycles. The molecule has 794 valence electrons. The van der Waals surface area contributed by atoms with Crippen molar-refractivity contribution in [1.82, 2.24) is 67.1 Å². The molecule has 26 N–H and O–H groups in total. The molecule has 8 amide bonds. The first kappa shape index (κ1) is 124. The summed E-state index contributed by atoms with van der Waals surface area (Å²) >= 11 is 0. The summed E-state index contributed by atoms with van der Waals surface area (Å²) in [7, 11) is 0. The normalized spacial score (nSPS) is 14.5. The predicted octanol–water partition coefficient (Wildman–Crippen LogP) is 7.23. The fraction of sp³-hybridized carbons (Fsp3) is 0.676. The summed E-state index contributed by atoms with van der Waals surface area (Å²) < 4.78 is 0. The van der Waals surface area contributed by atoms with Crippen LogP contribution in [-0.4, -0.2) is 214 Å². The van der Waals surface area contributed by atoms with Crippen molar-refractivity contribution in [2.45, 2.75) is 351 Å². The van der Waals surface area contributed by atoms with Crippen molar-refractivity contribution in [3.63, 3.8) is 0 Å². The molecule has 0 aliphatic carbocycles. The quantitative estimate of drug-likeness (QED) is 0.0118. The Morgan fingerprint density at radius 1 is 0.387 bits per heavy atom. The van der Waals surface area contributed by atoms with E-state index in [0.717, 1.165) is 24.8 Å². The maximum atomic E-state index is 14.8. The minimum absolute atomic E-state index is 0.0165. The van der Waals surface area contributed by atoms with E-state index in [1.807, 2.05) is 41.5 Å². The Balaban J connectivity index is 0.000000808. The number of hydrogen-bond donors (Lipinski definition) is 19. The number of guanidine groups is 3. The van der Waals surface area contributed by atoms with Crippen LogP contribution >= 0.6 is 0 Å². The fourth-order valence-corrected chi connectivity index (χ4v) is 16.7. The highest BCUT2D eigenvalue weighted by Crippen LogP contribution is 2.28. The zero-order valence-corrected chi connectivity index (χ0v) is 86.3. The van der Waals surface area contributed by atoms with Gasteiger partial charge in [0.25, 0.3) is 0 Å². The van der Waals surface area contributed by atoms with Crippen molar-refractivity contribution in [2.75, 3.05) is 26.2 Å². The number of H-pyrrole nitrogens is 3. The van der Waals surface area contributed by atoms with Crippen LogP contribution in [0.5, 0.6) is 5.75 Å². The average Bonchev–Trinajstić information content (AvgIpc) is 1.18. The van der Waals surface area contributed by atoms with Crippen molar-refractivity contribution in [2.24, 2.45) is 120 Å². The highest BCUT2D eigenvalue weighted by atomic mass is 16.3. The number of hydrogen-bond acceptors (Lipinski definition) is 23. The number of nitrogens with zero attached hydrogens (tertiary/aromatic N) is 6. The number of aliphatic imine (C=N–C) groups is 3. The molecule has 0 saturated carbocycles. The summed E-state index contributed by atoms with van der Waals surface area (Å²) in [6.07, 6.45) is 26.1. The molecular weight excluding hydrogens is 1820 g/mol. The number of phenols is 1. The lowest BCUT2D eigenvalue weighted by Crippen LogP contribution is -2.50. The van der Waals surface area contributed by atoms with Crippen LogP contribution in [0.2, 0.25) is 0 Å². The van der Waals surface area contributed by atoms with E-state index in [1.54, 1.807) is 59.1 Å². The molecular formula is C102H169N23O17. The third-order valence-electron chi connectivity index (χ3n) is 25.5. The van der Waals surface area contributed by atoms with E-state index in [-0.39, 0.29) is 187 Å². The number of phenolic OH excluding ortho intramolecular Hbond substituents is 1. The van der Waals surface area contributed by atoms with E-state index < -0.39 is 168 Å². The number of aliphatic hydroxyl groups excluding tert-OH is 1. The number of aromatic amines is 3. The number of rotatable bonds is 76. The maximum absolute atomic E-state index is 14.8. The lowest BCUT2D eigenvalue weighted by Gasteiger charge is -2.27. The van der Waals surface area contributed by atoms with Gasteiger partial charge in [-0.2, -0.15) is 0 Å². The van der Waals surface area contributed by atoms with E-state index >= 15 is 0 Å². The molecule has 0 unspecified atom stereocenters. The zero-order valence-electron chi connectivity index (χ0n) is 86.3. The van der Waals surface area contributed by atoms with Gasteiger partial charge >= 0.3 is 0 Å². The van der Waals surface area contributed by atoms with Crippen molar-refractivity contribution in [3.05, 3.63) is 84.5 Å². The maximum Gasteiger partial charge on any atom is 0.224 e. The molecule has 40 heteroatoms. The molecule has 142 heavy (non-hydrogen) atoms. The van der Waals surface area contributed by atoms with E-state index in [4.69, 9.17) is 40.1 Å². The first-order chi connectivity index (χ1) is 67.4. The van der Waals surface area contributed by atoms with Crippen LogP contribution in [0.15, 0.2) is 76.8 Å². The van der Waals surface area contributed by atoms with Crippen molar-refractivity contribution < 1.29 is 82.1 Å². The van der Waals surface area contributed by atoms with Gasteiger partial charge in [-0.25, -0.2) is 15.0 Å². The lowest BCUT2D eigenvalue weighted by molar-refractivity contribution is -0.136. The molecule has 40 nitrogen and oxygen atoms in total. The van der Waals surface area contributed by atoms with Crippen LogP contribution in [0.4, 0.5) is 0 Å². The lowest BCUT2D eigenvalue weighted by atomic mass is 9.85. The molecule has 3 aromatic heterocycles. The number of imidazole rings is 3. The van der Waals surface area contributed by atoms with Crippen molar-refractivity contribution in [1.29, 1.82) is 0 Å². The second-order valence-electron chi connectivity index (χ2n) is 39.1. The standard InChI is InChI=1S/C60H100N16O11.C42H69N7O6/c1-8-36(7)44(53(61)83)30-52(82)48(32-77)76-56(86)40(23-34(3)4)28-51(81)47(24-35(5)6)75-55(85)39(13-10-20-69-58(62)63)27-49(79)45(14-11-21-70-59(64)65)74-57(87)41(26-42-31-68-33-72-42)29-50(80)46(15-12-22-71-60(66)67)73-54(84)38(9-2)25-37-16-18-43(78)19-17-37;1-7-8-9-10-11-12-13-14-15-16-17-18-19-20-39(53)48-36(24-35-26-44-28-46-35)37(51)21-30(4)41(54)49-40(29(2)3)38(52)23-33(22-34-25-43-27-45-34)42(55)47-31(5)32(6)50/h16-19,31,33-36,38-41,44-48,77-78H,8-15,20-30,32H2,1-7H3,(H2,61,83)(H,68,72)(H,73,84)(H,74,87)(H,75,85)(H,76,86)(H4,62,63,69)(H4,64,65,70)(H4,66,67,71);25-31,33,36,40H,7-24H2,1-6H3,(H,43,45)(H,44,46)(H,47,55)(H,48,53)(H,49,54)/t36-,38-,39+,40+,41-,44-,45-,46-,47-,48-;30-,31+,33-,36+,40+/m01/s1. The second-order valence-corrected chi connectivity index (χ2v) is 39.1. The highest BCUT2D eigenvalue weighted by molar-refractivity contribution is 6.00. The summed E-state index contributed by atoms with van der Waals surface area (Å²) in [5, 5.41) is 39.7. The Bertz CT molecular complexity index is 4570. The van der Waals surface area contributed by atoms with E-state index in [2.05, 4.69) is 89.0 Å². The molecule has 3 heterocycles. The van der Waals surface area contributed by atoms with Gasteiger partial charge in [0.1, 0.15) is 11.8 Å². The molecule has 4 rings (SSSR count). The van der Waals surface area contributed by atoms with Gasteiger partial charge in [-0.1, -0.05) is 172 Å². The second kappa shape index (κ2) is 68.9. The van der Waals surface area contributed by atoms with Crippen molar-refractivity contribution >= 4 is 106 Å². The van der Waals surface area contributed by atoms with Crippen LogP contribution in [0.25, 0.3) is 0 Å². The summed E-state index contributed by atoms with van der Waals surface area (Å²) in [6, 6.07) is -0.905. The molecule has 1 aromatic carbocycles. The van der Waals surface area contributed by atoms with Gasteiger partial charge < -0.3 is 103 Å². The van der Waals surface area contributed by atoms with E-state index in [9.17, 15) is 82.1 Å². The van der Waals surface area contributed by atoms with Gasteiger partial charge in [0.15, 0.2) is 58.4 Å². The van der Waals surface area contributed by atoms with Crippen LogP contribution in [0.1, 0.15) is 305 Å². The molecule has 0 bridgehead atoms. The predicted molar refractivity (Wildman–Crippen MR) is 546 cm³/mol. The summed E-state index contributed by atoms with van der Waals surface area (Å²) in [5.41, 5.74) is 41.9. The average molecular weight is 1990 g/mol. The largest absolute Gasteiger partial charge is 0.508 e. The molecule has 0 aliphatic rings. The SMILES string of the molecule is CCCCCCCCCCCCCCCC(=O)N[C@@H](Cc1cnc[nH]1)C(=O)C[C@@H](C)C(=O)N[C@H](C(=O)C[C@@H](Cc1cnc[nH]1)C(=O)N[C@@H](C)C(C)=O)C(C)C.CC[C@@H](Cc1ccc(O)cc1)C(=O)N[C@@H](CCCN=C(N)N)C(=O)C[C@H](Cc1cnc[nH]1)C(=O)N[C@@H](CCCN=C(N)N)C(=O)C[C@@H](CCCN=C(N)N)C(=O)N[C@@H](CC(C)C)C(=O)C[C@@H](CC(C)C)C(=O)N[C@@H](CO)C(=O)C[C@H](C(N)=O)[C@@H](C)CC. The fourth-order valence-electron chi connectivity index (χ4n) is 16.7. The van der Waals surface area contributed by atoms with Gasteiger partial charge in [-0.3, -0.25) is 86.9 Å². The minimum atomic E-state index is -1.38. The smallest absolute Gasteiger partial charge is 0.224 e. The highest BCUT2D eigenvalue weighted by Gasteiger charge is 2.39. The number of carbonyl (C=O) groups excluding carboxylic acids is 15. The number of carbonyl (C=O) groups is 15. The number of benzene rings is 1. The summed E-state index contributed by atoms with van der Waals surface area (Å²) in [5.74, 6) is -14.8. The van der Waals surface area contributed by atoms with Crippen LogP contribution < -0.4 is 77.4 Å². The molecule has 0 spiro atoms. The third kappa shape index (κ3) is 51.0. The van der Waals surface area contributed by atoms with Gasteiger partial charge in [0.2, 0.25) is 47.3 Å². The van der Waals surface area contributed by atoms with Crippen LogP contribution in [0.3, 0.4) is 0 Å². The number of primary amides is 1. The topological polar surface area (TPSA) is 686 Å². The summed E-state index contributed by atoms with van der Waals surface area (Å²) in [4.78, 5) is 239. The number of nitrogens with one attached hydrogen (secondary N) is 10. The number of aromatic hydroxyl groups is 1. The van der Waals surface area contributed by atoms with Crippen molar-refractivity contribution in [3.8, 4) is 5.75 Å². The molecule has 0 aliphatic heterocycles. The monoisotopic (exact) mass is 1990 g/mol. The number of unbranched alkanes of at least 4 members (excludes halogenated alkanes) is 12. The van der Waals surface area contributed by atoms with Crippen LogP contribution in [-0.2, 0) is 97.6 Å². The van der Waals surface area contributed by atoms with Crippen LogP contribution in [0, 0.1) is 65.1 Å².